The van der Waals surface area contributed by atoms with E-state index >= 15 is 0 Å². The van der Waals surface area contributed by atoms with Crippen LogP contribution >= 0.6 is 11.6 Å². The first kappa shape index (κ1) is 25.4. The molecule has 3 aromatic rings. The van der Waals surface area contributed by atoms with Gasteiger partial charge in [-0.1, -0.05) is 31.2 Å². The summed E-state index contributed by atoms with van der Waals surface area (Å²) >= 11 is 6.45. The van der Waals surface area contributed by atoms with Crippen molar-refractivity contribution in [1.29, 1.82) is 0 Å². The molecule has 1 N–H and O–H groups in total. The van der Waals surface area contributed by atoms with Crippen LogP contribution < -0.4 is 10.1 Å². The van der Waals surface area contributed by atoms with Crippen molar-refractivity contribution in [2.45, 2.75) is 51.8 Å². The zero-order chi connectivity index (χ0) is 25.2. The number of fused-ring (bicyclic) bond motifs is 1. The number of aromatic nitrogens is 2. The summed E-state index contributed by atoms with van der Waals surface area (Å²) in [4.78, 5) is 8.65. The van der Waals surface area contributed by atoms with Crippen molar-refractivity contribution in [1.82, 2.24) is 9.55 Å². The number of hydrogen-bond donors (Lipinski definition) is 1. The van der Waals surface area contributed by atoms with Crippen LogP contribution in [-0.2, 0) is 16.2 Å². The molecule has 35 heavy (non-hydrogen) atoms. The van der Waals surface area contributed by atoms with Gasteiger partial charge >= 0.3 is 0 Å². The average molecular weight is 523 g/mol. The number of benzene rings is 1. The number of nitrogens with zero attached hydrogens (tertiary/aromatic N) is 3. The van der Waals surface area contributed by atoms with E-state index < -0.39 is 25.5 Å². The molecule has 0 radical (unpaired) electrons. The highest BCUT2D eigenvalue weighted by Gasteiger charge is 2.20. The Hall–Kier alpha value is -2.69. The Balaban J connectivity index is 1.54. The van der Waals surface area contributed by atoms with Gasteiger partial charge in [0.1, 0.15) is 18.1 Å². The minimum atomic E-state index is -1.21. The summed E-state index contributed by atoms with van der Waals surface area (Å²) in [6, 6.07) is 5.10. The Labute approximate surface area is 209 Å². The summed E-state index contributed by atoms with van der Waals surface area (Å²) in [6.07, 6.45) is 3.96. The highest BCUT2D eigenvalue weighted by atomic mass is 35.5. The molecule has 0 aliphatic carbocycles. The van der Waals surface area contributed by atoms with Crippen LogP contribution in [0.15, 0.2) is 35.6 Å². The van der Waals surface area contributed by atoms with Gasteiger partial charge in [-0.3, -0.25) is 0 Å². The fourth-order valence-electron chi connectivity index (χ4n) is 3.52. The largest absolute Gasteiger partial charge is 0.465 e. The van der Waals surface area contributed by atoms with E-state index in [0.717, 1.165) is 24.6 Å². The molecular weight excluding hydrogens is 494 g/mol. The lowest BCUT2D eigenvalue weighted by molar-refractivity contribution is 0.0899. The Morgan fingerprint density at radius 3 is 2.69 bits per heavy atom. The van der Waals surface area contributed by atoms with E-state index in [4.69, 9.17) is 25.8 Å². The fourth-order valence-corrected chi connectivity index (χ4v) is 4.57. The quantitative estimate of drug-likeness (QED) is 0.265. The Bertz CT molecular complexity index is 1220. The van der Waals surface area contributed by atoms with E-state index in [0.29, 0.717) is 29.3 Å². The maximum Gasteiger partial charge on any atom is 0.289 e. The highest BCUT2D eigenvalue weighted by molar-refractivity contribution is 6.76. The molecule has 0 spiro atoms. The Morgan fingerprint density at radius 1 is 1.26 bits per heavy atom. The lowest BCUT2D eigenvalue weighted by Crippen LogP contribution is -2.25. The number of pyridine rings is 1. The van der Waals surface area contributed by atoms with Crippen LogP contribution in [0.5, 0.6) is 11.5 Å². The van der Waals surface area contributed by atoms with Gasteiger partial charge in [0.2, 0.25) is 0 Å². The van der Waals surface area contributed by atoms with Gasteiger partial charge in [0.15, 0.2) is 17.4 Å². The SMILES string of the molecule is C[C@@H]1CCOC(Nc2cc(F)c(Oc3ccnc4c3c(Cl)cn4COCC[Si](C)(C)C)c(F)c2)=N1. The lowest BCUT2D eigenvalue weighted by atomic mass is 10.2. The second-order valence-electron chi connectivity index (χ2n) is 9.72. The van der Waals surface area contributed by atoms with E-state index in [1.54, 1.807) is 10.8 Å². The third-order valence-electron chi connectivity index (χ3n) is 5.47. The zero-order valence-electron chi connectivity index (χ0n) is 20.2. The Morgan fingerprint density at radius 2 is 2.00 bits per heavy atom. The highest BCUT2D eigenvalue weighted by Crippen LogP contribution is 2.37. The number of amidine groups is 1. The maximum atomic E-state index is 14.9. The van der Waals surface area contributed by atoms with Gasteiger partial charge in [0.25, 0.3) is 6.02 Å². The van der Waals surface area contributed by atoms with E-state index in [2.05, 4.69) is 34.9 Å². The van der Waals surface area contributed by atoms with Gasteiger partial charge in [0, 0.05) is 51.3 Å². The molecule has 0 unspecified atom stereocenters. The predicted octanol–water partition coefficient (Wildman–Crippen LogP) is 6.65. The molecule has 0 saturated heterocycles. The van der Waals surface area contributed by atoms with Crippen molar-refractivity contribution >= 4 is 42.4 Å². The molecule has 188 valence electrons. The second kappa shape index (κ2) is 10.5. The van der Waals surface area contributed by atoms with E-state index in [9.17, 15) is 8.78 Å². The van der Waals surface area contributed by atoms with Crippen molar-refractivity contribution < 1.29 is 23.0 Å². The molecule has 0 fully saturated rings. The number of ether oxygens (including phenoxy) is 3. The van der Waals surface area contributed by atoms with Crippen molar-refractivity contribution in [3.05, 3.63) is 47.2 Å². The molecule has 1 atom stereocenters. The van der Waals surface area contributed by atoms with Crippen LogP contribution in [-0.4, -0.2) is 42.9 Å². The monoisotopic (exact) mass is 522 g/mol. The van der Waals surface area contributed by atoms with Crippen LogP contribution in [0.1, 0.15) is 13.3 Å². The fraction of sp³-hybridized carbons (Fsp3) is 0.417. The molecule has 2 aromatic heterocycles. The summed E-state index contributed by atoms with van der Waals surface area (Å²) in [7, 11) is -1.21. The normalized spacial score (nSPS) is 16.2. The van der Waals surface area contributed by atoms with Gasteiger partial charge in [0.05, 0.1) is 23.1 Å². The molecule has 1 aliphatic heterocycles. The Kier molecular flexibility index (Phi) is 7.63. The number of anilines is 1. The topological polar surface area (TPSA) is 69.9 Å². The van der Waals surface area contributed by atoms with Crippen LogP contribution in [0, 0.1) is 11.6 Å². The van der Waals surface area contributed by atoms with Gasteiger partial charge in [-0.05, 0) is 19.0 Å². The first-order valence-electron chi connectivity index (χ1n) is 11.5. The second-order valence-corrected chi connectivity index (χ2v) is 15.7. The average Bonchev–Trinajstić information content (AvgIpc) is 3.09. The molecular formula is C24H29ClF2N4O3Si. The van der Waals surface area contributed by atoms with Crippen LogP contribution in [0.4, 0.5) is 14.5 Å². The van der Waals surface area contributed by atoms with Crippen LogP contribution in [0.3, 0.4) is 0 Å². The third-order valence-corrected chi connectivity index (χ3v) is 7.46. The zero-order valence-corrected chi connectivity index (χ0v) is 22.0. The summed E-state index contributed by atoms with van der Waals surface area (Å²) in [5, 5.41) is 3.60. The number of nitrogens with one attached hydrogen (secondary N) is 1. The molecule has 11 heteroatoms. The number of aliphatic imine (C=N–C) groups is 1. The number of halogens is 3. The molecule has 1 aromatic carbocycles. The molecule has 0 amide bonds. The summed E-state index contributed by atoms with van der Waals surface area (Å²) in [5.74, 6) is -2.12. The van der Waals surface area contributed by atoms with Crippen molar-refractivity contribution in [3.8, 4) is 11.5 Å². The molecule has 3 heterocycles. The van der Waals surface area contributed by atoms with Crippen molar-refractivity contribution in [3.63, 3.8) is 0 Å². The van der Waals surface area contributed by atoms with E-state index in [1.807, 2.05) is 6.92 Å². The molecule has 0 saturated carbocycles. The van der Waals surface area contributed by atoms with Gasteiger partial charge in [-0.15, -0.1) is 0 Å². The summed E-state index contributed by atoms with van der Waals surface area (Å²) in [5.41, 5.74) is 0.668. The predicted molar refractivity (Wildman–Crippen MR) is 136 cm³/mol. The first-order valence-corrected chi connectivity index (χ1v) is 15.5. The molecule has 0 bridgehead atoms. The van der Waals surface area contributed by atoms with Gasteiger partial charge < -0.3 is 24.1 Å². The van der Waals surface area contributed by atoms with E-state index in [1.165, 1.54) is 12.3 Å². The first-order chi connectivity index (χ1) is 16.6. The summed E-state index contributed by atoms with van der Waals surface area (Å²) in [6.45, 7) is 10.2. The minimum Gasteiger partial charge on any atom is -0.465 e. The van der Waals surface area contributed by atoms with E-state index in [-0.39, 0.29) is 30.2 Å². The standard InChI is InChI=1S/C24H29ClF2N4O3Si/c1-15-6-8-33-24(29-15)30-16-11-18(26)22(19(27)12-16)34-20-5-7-28-23-21(20)17(25)13-31(23)14-32-9-10-35(2,3)4/h5,7,11-13,15H,6,8-10,14H2,1-4H3,(H,29,30)/t15-/m1/s1. The maximum absolute atomic E-state index is 14.9. The number of rotatable bonds is 8. The van der Waals surface area contributed by atoms with Crippen molar-refractivity contribution in [2.75, 3.05) is 18.5 Å². The lowest BCUT2D eigenvalue weighted by Gasteiger charge is -2.19. The van der Waals surface area contributed by atoms with Crippen molar-refractivity contribution in [2.24, 2.45) is 4.99 Å². The molecule has 4 rings (SSSR count). The van der Waals surface area contributed by atoms with Gasteiger partial charge in [-0.25, -0.2) is 18.8 Å². The smallest absolute Gasteiger partial charge is 0.289 e. The van der Waals surface area contributed by atoms with Crippen LogP contribution in [0.2, 0.25) is 30.7 Å². The van der Waals surface area contributed by atoms with Gasteiger partial charge in [-0.2, -0.15) is 0 Å². The third kappa shape index (κ3) is 6.30. The molecule has 1 aliphatic rings. The van der Waals surface area contributed by atoms with Crippen LogP contribution in [0.25, 0.3) is 11.0 Å². The molecule has 7 nitrogen and oxygen atoms in total. The summed E-state index contributed by atoms with van der Waals surface area (Å²) < 4.78 is 48.4. The minimum absolute atomic E-state index is 0.0699. The number of hydrogen-bond acceptors (Lipinski definition) is 6.